The van der Waals surface area contributed by atoms with Crippen molar-refractivity contribution in [2.24, 2.45) is 11.8 Å². The molecule has 0 spiro atoms. The van der Waals surface area contributed by atoms with E-state index < -0.39 is 35.6 Å². The molecule has 7 nitrogen and oxygen atoms in total. The zero-order valence-corrected chi connectivity index (χ0v) is 8.81. The van der Waals surface area contributed by atoms with Crippen molar-refractivity contribution in [3.8, 4) is 0 Å². The Kier molecular flexibility index (Phi) is 3.60. The van der Waals surface area contributed by atoms with Crippen molar-refractivity contribution in [3.63, 3.8) is 0 Å². The number of hydrogen-bond donors (Lipinski definition) is 1. The van der Waals surface area contributed by atoms with E-state index in [1.165, 1.54) is 0 Å². The lowest BCUT2D eigenvalue weighted by atomic mass is 9.91. The number of nitrogens with one attached hydrogen (secondary N) is 1. The standard InChI is InChI=1S/C9H11NO6/c1-15-8(13)6(9(14)16-2)4-3-5(11)10-7(4)12/h4,6H,3H2,1-2H3,(H,10,11,12). The molecule has 1 rings (SSSR count). The molecule has 1 N–H and O–H groups in total. The molecule has 0 bridgehead atoms. The molecule has 0 aliphatic carbocycles. The predicted molar refractivity (Wildman–Crippen MR) is 48.8 cm³/mol. The van der Waals surface area contributed by atoms with Crippen LogP contribution in [0.5, 0.6) is 0 Å². The quantitative estimate of drug-likeness (QED) is 0.363. The summed E-state index contributed by atoms with van der Waals surface area (Å²) < 4.78 is 8.80. The highest BCUT2D eigenvalue weighted by molar-refractivity contribution is 6.09. The molecule has 0 aromatic rings. The van der Waals surface area contributed by atoms with E-state index in [4.69, 9.17) is 0 Å². The fraction of sp³-hybridized carbons (Fsp3) is 0.556. The minimum Gasteiger partial charge on any atom is -0.468 e. The molecule has 0 aromatic heterocycles. The largest absolute Gasteiger partial charge is 0.468 e. The molecule has 1 atom stereocenters. The van der Waals surface area contributed by atoms with Crippen LogP contribution in [-0.2, 0) is 28.7 Å². The normalized spacial score (nSPS) is 19.6. The number of esters is 2. The molecule has 7 heteroatoms. The van der Waals surface area contributed by atoms with Gasteiger partial charge in [0.1, 0.15) is 0 Å². The zero-order valence-electron chi connectivity index (χ0n) is 8.81. The molecule has 0 saturated carbocycles. The van der Waals surface area contributed by atoms with E-state index in [0.29, 0.717) is 0 Å². The number of ether oxygens (including phenoxy) is 2. The van der Waals surface area contributed by atoms with Gasteiger partial charge in [0.05, 0.1) is 20.1 Å². The smallest absolute Gasteiger partial charge is 0.320 e. The maximum absolute atomic E-state index is 11.3. The second-order valence-electron chi connectivity index (χ2n) is 3.25. The highest BCUT2D eigenvalue weighted by Crippen LogP contribution is 2.23. The molecule has 1 heterocycles. The van der Waals surface area contributed by atoms with Crippen molar-refractivity contribution in [2.75, 3.05) is 14.2 Å². The van der Waals surface area contributed by atoms with Gasteiger partial charge in [-0.2, -0.15) is 0 Å². The minimum absolute atomic E-state index is 0.215. The van der Waals surface area contributed by atoms with E-state index in [-0.39, 0.29) is 6.42 Å². The topological polar surface area (TPSA) is 98.8 Å². The lowest BCUT2D eigenvalue weighted by Gasteiger charge is -2.15. The van der Waals surface area contributed by atoms with E-state index >= 15 is 0 Å². The molecule has 1 saturated heterocycles. The maximum Gasteiger partial charge on any atom is 0.320 e. The third-order valence-corrected chi connectivity index (χ3v) is 2.32. The summed E-state index contributed by atoms with van der Waals surface area (Å²) in [6.45, 7) is 0. The summed E-state index contributed by atoms with van der Waals surface area (Å²) in [5, 5.41) is 2.01. The summed E-state index contributed by atoms with van der Waals surface area (Å²) in [4.78, 5) is 44.9. The average Bonchev–Trinajstić information content (AvgIpc) is 2.57. The van der Waals surface area contributed by atoms with Gasteiger partial charge in [-0.15, -0.1) is 0 Å². The van der Waals surface area contributed by atoms with Gasteiger partial charge in [0, 0.05) is 6.42 Å². The average molecular weight is 229 g/mol. The summed E-state index contributed by atoms with van der Waals surface area (Å²) in [6.07, 6.45) is -0.215. The van der Waals surface area contributed by atoms with Crippen LogP contribution in [0.2, 0.25) is 0 Å². The minimum atomic E-state index is -1.39. The Labute approximate surface area is 91.1 Å². The summed E-state index contributed by atoms with van der Waals surface area (Å²) in [7, 11) is 2.18. The predicted octanol–water partition coefficient (Wildman–Crippen LogP) is -1.39. The third kappa shape index (κ3) is 2.18. The van der Waals surface area contributed by atoms with Gasteiger partial charge in [0.2, 0.25) is 11.8 Å². The number of methoxy groups -OCH3 is 2. The van der Waals surface area contributed by atoms with Gasteiger partial charge in [-0.05, 0) is 0 Å². The van der Waals surface area contributed by atoms with Crippen molar-refractivity contribution >= 4 is 23.8 Å². The van der Waals surface area contributed by atoms with Crippen molar-refractivity contribution in [3.05, 3.63) is 0 Å². The Morgan fingerprint density at radius 1 is 1.25 bits per heavy atom. The van der Waals surface area contributed by atoms with Crippen LogP contribution in [0.25, 0.3) is 0 Å². The van der Waals surface area contributed by atoms with Crippen molar-refractivity contribution in [2.45, 2.75) is 6.42 Å². The Morgan fingerprint density at radius 3 is 2.06 bits per heavy atom. The van der Waals surface area contributed by atoms with Crippen LogP contribution in [0.3, 0.4) is 0 Å². The highest BCUT2D eigenvalue weighted by Gasteiger charge is 2.45. The Morgan fingerprint density at radius 2 is 1.75 bits per heavy atom. The van der Waals surface area contributed by atoms with Gasteiger partial charge in [-0.1, -0.05) is 0 Å². The molecule has 1 aliphatic rings. The zero-order chi connectivity index (χ0) is 12.3. The Bertz CT molecular complexity index is 334. The number of imide groups is 1. The SMILES string of the molecule is COC(=O)C(C(=O)OC)C1CC(=O)NC1=O. The van der Waals surface area contributed by atoms with Crippen LogP contribution in [0.4, 0.5) is 0 Å². The van der Waals surface area contributed by atoms with Gasteiger partial charge < -0.3 is 9.47 Å². The molecule has 2 amide bonds. The van der Waals surface area contributed by atoms with Crippen LogP contribution in [0.15, 0.2) is 0 Å². The lowest BCUT2D eigenvalue weighted by molar-refractivity contribution is -0.163. The number of rotatable bonds is 3. The van der Waals surface area contributed by atoms with Crippen molar-refractivity contribution in [1.82, 2.24) is 5.32 Å². The number of carbonyl (C=O) groups is 4. The van der Waals surface area contributed by atoms with Gasteiger partial charge in [0.25, 0.3) is 0 Å². The number of carbonyl (C=O) groups excluding carboxylic acids is 4. The molecule has 1 fully saturated rings. The van der Waals surface area contributed by atoms with Gasteiger partial charge in [-0.25, -0.2) is 0 Å². The summed E-state index contributed by atoms with van der Waals surface area (Å²) in [5.41, 5.74) is 0. The first-order chi connectivity index (χ1) is 7.51. The molecule has 0 radical (unpaired) electrons. The van der Waals surface area contributed by atoms with Crippen molar-refractivity contribution < 1.29 is 28.7 Å². The van der Waals surface area contributed by atoms with Crippen LogP contribution in [0, 0.1) is 11.8 Å². The highest BCUT2D eigenvalue weighted by atomic mass is 16.5. The molecule has 0 aromatic carbocycles. The Balaban J connectivity index is 2.93. The molecule has 88 valence electrons. The summed E-state index contributed by atoms with van der Waals surface area (Å²) in [5.74, 6) is -5.39. The van der Waals surface area contributed by atoms with Crippen LogP contribution >= 0.6 is 0 Å². The van der Waals surface area contributed by atoms with E-state index in [0.717, 1.165) is 14.2 Å². The number of hydrogen-bond acceptors (Lipinski definition) is 6. The van der Waals surface area contributed by atoms with Gasteiger partial charge in [0.15, 0.2) is 5.92 Å². The van der Waals surface area contributed by atoms with E-state index in [1.54, 1.807) is 0 Å². The van der Waals surface area contributed by atoms with Crippen LogP contribution in [0.1, 0.15) is 6.42 Å². The fourth-order valence-electron chi connectivity index (χ4n) is 1.52. The third-order valence-electron chi connectivity index (χ3n) is 2.32. The van der Waals surface area contributed by atoms with Crippen LogP contribution < -0.4 is 5.32 Å². The molecule has 1 unspecified atom stereocenters. The van der Waals surface area contributed by atoms with E-state index in [1.807, 2.05) is 5.32 Å². The first-order valence-corrected chi connectivity index (χ1v) is 4.50. The first kappa shape index (κ1) is 12.2. The van der Waals surface area contributed by atoms with Crippen LogP contribution in [-0.4, -0.2) is 38.0 Å². The molecular formula is C9H11NO6. The summed E-state index contributed by atoms with van der Waals surface area (Å²) >= 11 is 0. The molecule has 16 heavy (non-hydrogen) atoms. The molecular weight excluding hydrogens is 218 g/mol. The monoisotopic (exact) mass is 229 g/mol. The van der Waals surface area contributed by atoms with E-state index in [9.17, 15) is 19.2 Å². The summed E-state index contributed by atoms with van der Waals surface area (Å²) in [6, 6.07) is 0. The Hall–Kier alpha value is -1.92. The van der Waals surface area contributed by atoms with E-state index in [2.05, 4.69) is 9.47 Å². The first-order valence-electron chi connectivity index (χ1n) is 4.50. The van der Waals surface area contributed by atoms with Crippen molar-refractivity contribution in [1.29, 1.82) is 0 Å². The molecule has 1 aliphatic heterocycles. The fourth-order valence-corrected chi connectivity index (χ4v) is 1.52. The van der Waals surface area contributed by atoms with Gasteiger partial charge in [-0.3, -0.25) is 24.5 Å². The second-order valence-corrected chi connectivity index (χ2v) is 3.25. The van der Waals surface area contributed by atoms with Gasteiger partial charge >= 0.3 is 11.9 Å². The number of amides is 2. The maximum atomic E-state index is 11.3. The lowest BCUT2D eigenvalue weighted by Crippen LogP contribution is -2.37. The second kappa shape index (κ2) is 4.73.